The highest BCUT2D eigenvalue weighted by Gasteiger charge is 2.32. The molecule has 1 aromatic carbocycles. The van der Waals surface area contributed by atoms with Crippen LogP contribution in [0.1, 0.15) is 12.0 Å². The molecule has 1 aliphatic rings. The van der Waals surface area contributed by atoms with Gasteiger partial charge in [0.25, 0.3) is 5.56 Å². The van der Waals surface area contributed by atoms with Crippen molar-refractivity contribution < 1.29 is 19.4 Å². The summed E-state index contributed by atoms with van der Waals surface area (Å²) in [7, 11) is 0. The van der Waals surface area contributed by atoms with E-state index in [-0.39, 0.29) is 37.6 Å². The van der Waals surface area contributed by atoms with Crippen LogP contribution in [0.2, 0.25) is 0 Å². The standard InChI is InChI=1S/C17H19N3O5/c1-11-3-2-4-12-15(11)18-10-19(16(12)22)6-5-14(21)20-7-8-25-9-13(20)17(23)24/h2-4,10,13H,5-9H2,1H3,(H,23,24)/t13-/m0/s1. The van der Waals surface area contributed by atoms with Gasteiger partial charge in [0.1, 0.15) is 0 Å². The average Bonchev–Trinajstić information content (AvgIpc) is 2.61. The third kappa shape index (κ3) is 3.39. The Balaban J connectivity index is 1.76. The highest BCUT2D eigenvalue weighted by atomic mass is 16.5. The molecule has 1 saturated heterocycles. The lowest BCUT2D eigenvalue weighted by atomic mass is 10.1. The molecule has 2 heterocycles. The third-order valence-electron chi connectivity index (χ3n) is 4.36. The summed E-state index contributed by atoms with van der Waals surface area (Å²) in [5.74, 6) is -1.40. The Morgan fingerprint density at radius 3 is 2.96 bits per heavy atom. The molecule has 1 aromatic heterocycles. The number of carboxylic acids is 1. The lowest BCUT2D eigenvalue weighted by Crippen LogP contribution is -2.52. The quantitative estimate of drug-likeness (QED) is 0.861. The van der Waals surface area contributed by atoms with Gasteiger partial charge in [0.15, 0.2) is 6.04 Å². The van der Waals surface area contributed by atoms with Gasteiger partial charge in [0.2, 0.25) is 5.91 Å². The first-order valence-corrected chi connectivity index (χ1v) is 8.04. The number of carbonyl (C=O) groups excluding carboxylic acids is 1. The monoisotopic (exact) mass is 345 g/mol. The normalized spacial score (nSPS) is 17.6. The number of carbonyl (C=O) groups is 2. The van der Waals surface area contributed by atoms with Gasteiger partial charge in [-0.25, -0.2) is 9.78 Å². The number of hydrogen-bond donors (Lipinski definition) is 1. The first-order valence-electron chi connectivity index (χ1n) is 8.04. The number of aliphatic carboxylic acids is 1. The molecule has 1 amide bonds. The fraction of sp³-hybridized carbons (Fsp3) is 0.412. The van der Waals surface area contributed by atoms with E-state index in [1.54, 1.807) is 12.1 Å². The number of hydrogen-bond acceptors (Lipinski definition) is 5. The van der Waals surface area contributed by atoms with Crippen LogP contribution in [0, 0.1) is 6.92 Å². The van der Waals surface area contributed by atoms with Crippen LogP contribution in [0.3, 0.4) is 0 Å². The molecule has 25 heavy (non-hydrogen) atoms. The summed E-state index contributed by atoms with van der Waals surface area (Å²) >= 11 is 0. The Bertz CT molecular complexity index is 876. The van der Waals surface area contributed by atoms with Crippen LogP contribution >= 0.6 is 0 Å². The van der Waals surface area contributed by atoms with E-state index in [1.807, 2.05) is 13.0 Å². The minimum atomic E-state index is -1.09. The van der Waals surface area contributed by atoms with Gasteiger partial charge < -0.3 is 14.7 Å². The van der Waals surface area contributed by atoms with E-state index in [4.69, 9.17) is 4.74 Å². The van der Waals surface area contributed by atoms with Gasteiger partial charge in [-0.1, -0.05) is 12.1 Å². The summed E-state index contributed by atoms with van der Waals surface area (Å²) in [6, 6.07) is 4.41. The van der Waals surface area contributed by atoms with Gasteiger partial charge in [0.05, 0.1) is 30.4 Å². The predicted molar refractivity (Wildman–Crippen MR) is 89.3 cm³/mol. The van der Waals surface area contributed by atoms with Crippen LogP contribution in [0.25, 0.3) is 10.9 Å². The van der Waals surface area contributed by atoms with E-state index in [1.165, 1.54) is 15.8 Å². The Hall–Kier alpha value is -2.74. The van der Waals surface area contributed by atoms with Gasteiger partial charge >= 0.3 is 5.97 Å². The highest BCUT2D eigenvalue weighted by Crippen LogP contribution is 2.12. The number of benzene rings is 1. The van der Waals surface area contributed by atoms with Crippen molar-refractivity contribution in [2.75, 3.05) is 19.8 Å². The molecule has 1 fully saturated rings. The maximum atomic E-state index is 12.5. The number of aromatic nitrogens is 2. The zero-order chi connectivity index (χ0) is 18.0. The molecule has 132 valence electrons. The number of para-hydroxylation sites is 1. The maximum Gasteiger partial charge on any atom is 0.328 e. The lowest BCUT2D eigenvalue weighted by Gasteiger charge is -2.32. The summed E-state index contributed by atoms with van der Waals surface area (Å²) in [6.45, 7) is 2.56. The molecule has 8 heteroatoms. The molecule has 1 aliphatic heterocycles. The summed E-state index contributed by atoms with van der Waals surface area (Å²) in [4.78, 5) is 41.7. The van der Waals surface area contributed by atoms with Gasteiger partial charge in [-0.15, -0.1) is 0 Å². The highest BCUT2D eigenvalue weighted by molar-refractivity contribution is 5.84. The van der Waals surface area contributed by atoms with Crippen molar-refractivity contribution in [3.63, 3.8) is 0 Å². The zero-order valence-electron chi connectivity index (χ0n) is 13.8. The minimum absolute atomic E-state index is 0.0160. The molecule has 1 N–H and O–H groups in total. The van der Waals surface area contributed by atoms with Gasteiger partial charge in [-0.3, -0.25) is 14.2 Å². The topological polar surface area (TPSA) is 102 Å². The van der Waals surface area contributed by atoms with E-state index in [0.29, 0.717) is 17.5 Å². The van der Waals surface area contributed by atoms with Crippen molar-refractivity contribution in [2.24, 2.45) is 0 Å². The maximum absolute atomic E-state index is 12.5. The van der Waals surface area contributed by atoms with Crippen molar-refractivity contribution in [3.8, 4) is 0 Å². The molecule has 0 unspecified atom stereocenters. The smallest absolute Gasteiger partial charge is 0.328 e. The largest absolute Gasteiger partial charge is 0.480 e. The Kier molecular flexibility index (Phi) is 4.80. The second-order valence-corrected chi connectivity index (χ2v) is 5.98. The van der Waals surface area contributed by atoms with Crippen LogP contribution in [-0.2, 0) is 20.9 Å². The number of nitrogens with zero attached hydrogens (tertiary/aromatic N) is 3. The van der Waals surface area contributed by atoms with Gasteiger partial charge in [-0.2, -0.15) is 0 Å². The number of rotatable bonds is 4. The minimum Gasteiger partial charge on any atom is -0.480 e. The molecule has 0 radical (unpaired) electrons. The molecular weight excluding hydrogens is 326 g/mol. The first-order chi connectivity index (χ1) is 12.0. The van der Waals surface area contributed by atoms with Gasteiger partial charge in [0, 0.05) is 19.5 Å². The molecule has 0 saturated carbocycles. The third-order valence-corrected chi connectivity index (χ3v) is 4.36. The number of fused-ring (bicyclic) bond motifs is 1. The fourth-order valence-corrected chi connectivity index (χ4v) is 2.96. The van der Waals surface area contributed by atoms with Crippen LogP contribution in [0.4, 0.5) is 0 Å². The van der Waals surface area contributed by atoms with Crippen molar-refractivity contribution in [2.45, 2.75) is 25.9 Å². The Labute approximate surface area is 143 Å². The van der Waals surface area contributed by atoms with Crippen molar-refractivity contribution in [1.29, 1.82) is 0 Å². The van der Waals surface area contributed by atoms with Crippen LogP contribution < -0.4 is 5.56 Å². The van der Waals surface area contributed by atoms with E-state index >= 15 is 0 Å². The van der Waals surface area contributed by atoms with Crippen molar-refractivity contribution in [1.82, 2.24) is 14.5 Å². The van der Waals surface area contributed by atoms with E-state index in [9.17, 15) is 19.5 Å². The van der Waals surface area contributed by atoms with E-state index in [2.05, 4.69) is 4.98 Å². The predicted octanol–water partition coefficient (Wildman–Crippen LogP) is 0.407. The molecule has 2 aromatic rings. The summed E-state index contributed by atoms with van der Waals surface area (Å²) in [5.41, 5.74) is 1.35. The molecule has 0 bridgehead atoms. The van der Waals surface area contributed by atoms with Crippen LogP contribution in [0.15, 0.2) is 29.3 Å². The lowest BCUT2D eigenvalue weighted by molar-refractivity contribution is -0.158. The average molecular weight is 345 g/mol. The number of aryl methyl sites for hydroxylation is 2. The summed E-state index contributed by atoms with van der Waals surface area (Å²) < 4.78 is 6.51. The molecule has 1 atom stereocenters. The zero-order valence-corrected chi connectivity index (χ0v) is 13.8. The number of morpholine rings is 1. The molecule has 3 rings (SSSR count). The second-order valence-electron chi connectivity index (χ2n) is 5.98. The molecule has 0 aliphatic carbocycles. The van der Waals surface area contributed by atoms with Crippen molar-refractivity contribution >= 4 is 22.8 Å². The Morgan fingerprint density at radius 1 is 1.40 bits per heavy atom. The summed E-state index contributed by atoms with van der Waals surface area (Å²) in [5, 5.41) is 9.70. The van der Waals surface area contributed by atoms with Crippen molar-refractivity contribution in [3.05, 3.63) is 40.4 Å². The fourth-order valence-electron chi connectivity index (χ4n) is 2.96. The van der Waals surface area contributed by atoms with Gasteiger partial charge in [-0.05, 0) is 18.6 Å². The van der Waals surface area contributed by atoms with E-state index in [0.717, 1.165) is 5.56 Å². The molecule has 8 nitrogen and oxygen atoms in total. The second kappa shape index (κ2) is 7.02. The molecular formula is C17H19N3O5. The number of ether oxygens (including phenoxy) is 1. The summed E-state index contributed by atoms with van der Waals surface area (Å²) in [6.07, 6.45) is 1.46. The van der Waals surface area contributed by atoms with E-state index < -0.39 is 12.0 Å². The first kappa shape index (κ1) is 17.1. The van der Waals surface area contributed by atoms with Crippen LogP contribution in [0.5, 0.6) is 0 Å². The van der Waals surface area contributed by atoms with Crippen LogP contribution in [-0.4, -0.2) is 57.2 Å². The Morgan fingerprint density at radius 2 is 2.20 bits per heavy atom. The number of carboxylic acid groups (broad SMARTS) is 1. The number of amides is 1. The SMILES string of the molecule is Cc1cccc2c(=O)n(CCC(=O)N3CCOC[C@H]3C(=O)O)cnc12. The molecule has 0 spiro atoms.